The van der Waals surface area contributed by atoms with Gasteiger partial charge in [0.25, 0.3) is 0 Å². The summed E-state index contributed by atoms with van der Waals surface area (Å²) in [5.74, 6) is 0. The van der Waals surface area contributed by atoms with Crippen molar-refractivity contribution in [1.82, 2.24) is 5.32 Å². The number of carbonyl (C=O) groups excluding carboxylic acids is 2. The first-order chi connectivity index (χ1) is 11.1. The van der Waals surface area contributed by atoms with Crippen LogP contribution in [0.5, 0.6) is 0 Å². The second-order valence-electron chi connectivity index (χ2n) is 4.86. The summed E-state index contributed by atoms with van der Waals surface area (Å²) in [6, 6.07) is 10.7. The first-order valence-electron chi connectivity index (χ1n) is 6.94. The lowest BCUT2D eigenvalue weighted by Crippen LogP contribution is -2.35. The van der Waals surface area contributed by atoms with Crippen LogP contribution in [0.3, 0.4) is 0 Å². The predicted molar refractivity (Wildman–Crippen MR) is 85.3 cm³/mol. The number of ether oxygens (including phenoxy) is 1. The van der Waals surface area contributed by atoms with Gasteiger partial charge in [-0.3, -0.25) is 4.79 Å². The molecule has 3 N–H and O–H groups in total. The van der Waals surface area contributed by atoms with Gasteiger partial charge < -0.3 is 20.3 Å². The molecule has 2 atom stereocenters. The molecular formula is C16H17NO5S. The fourth-order valence-electron chi connectivity index (χ4n) is 1.88. The second kappa shape index (κ2) is 8.42. The van der Waals surface area contributed by atoms with Gasteiger partial charge in [0.05, 0.1) is 4.88 Å². The molecule has 1 amide bonds. The van der Waals surface area contributed by atoms with Gasteiger partial charge in [-0.25, -0.2) is 4.79 Å². The zero-order valence-electron chi connectivity index (χ0n) is 12.2. The van der Waals surface area contributed by atoms with Gasteiger partial charge in [0.2, 0.25) is 0 Å². The third-order valence-electron chi connectivity index (χ3n) is 3.13. The molecule has 0 aliphatic carbocycles. The number of aliphatic hydroxyl groups excluding tert-OH is 2. The van der Waals surface area contributed by atoms with Crippen molar-refractivity contribution < 1.29 is 24.5 Å². The molecule has 2 rings (SSSR count). The van der Waals surface area contributed by atoms with Crippen molar-refractivity contribution in [3.05, 3.63) is 57.8 Å². The lowest BCUT2D eigenvalue weighted by Gasteiger charge is -2.17. The molecule has 1 aromatic heterocycles. The number of hydrogen-bond donors (Lipinski definition) is 3. The lowest BCUT2D eigenvalue weighted by molar-refractivity contribution is 0.0186. The number of benzene rings is 1. The minimum Gasteiger partial charge on any atom is -0.445 e. The Labute approximate surface area is 137 Å². The molecule has 1 heterocycles. The number of thiophene rings is 1. The molecule has 6 nitrogen and oxygen atoms in total. The predicted octanol–water partition coefficient (Wildman–Crippen LogP) is 1.88. The Morgan fingerprint density at radius 3 is 2.70 bits per heavy atom. The molecule has 0 saturated heterocycles. The highest BCUT2D eigenvalue weighted by molar-refractivity contribution is 7.11. The third kappa shape index (κ3) is 5.17. The Morgan fingerprint density at radius 1 is 1.30 bits per heavy atom. The van der Waals surface area contributed by atoms with E-state index >= 15 is 0 Å². The molecule has 2 unspecified atom stereocenters. The largest absolute Gasteiger partial charge is 0.445 e. The van der Waals surface area contributed by atoms with Crippen LogP contribution >= 0.6 is 11.3 Å². The molecule has 1 aromatic carbocycles. The van der Waals surface area contributed by atoms with Gasteiger partial charge in [0.1, 0.15) is 18.8 Å². The van der Waals surface area contributed by atoms with Crippen molar-refractivity contribution in [3.63, 3.8) is 0 Å². The molecule has 0 bridgehead atoms. The third-order valence-corrected chi connectivity index (χ3v) is 4.01. The summed E-state index contributed by atoms with van der Waals surface area (Å²) < 4.78 is 5.00. The average molecular weight is 335 g/mol. The van der Waals surface area contributed by atoms with Crippen LogP contribution in [0.4, 0.5) is 4.79 Å². The number of rotatable bonds is 7. The molecule has 0 aliphatic rings. The van der Waals surface area contributed by atoms with Crippen LogP contribution in [0.1, 0.15) is 26.9 Å². The summed E-state index contributed by atoms with van der Waals surface area (Å²) in [7, 11) is 0. The van der Waals surface area contributed by atoms with E-state index in [0.717, 1.165) is 5.56 Å². The molecule has 0 aliphatic heterocycles. The number of amides is 1. The average Bonchev–Trinajstić information content (AvgIpc) is 3.07. The van der Waals surface area contributed by atoms with E-state index in [9.17, 15) is 19.8 Å². The Hall–Kier alpha value is -2.22. The zero-order chi connectivity index (χ0) is 16.7. The van der Waals surface area contributed by atoms with Crippen molar-refractivity contribution in [2.45, 2.75) is 18.8 Å². The van der Waals surface area contributed by atoms with Gasteiger partial charge in [-0.05, 0) is 22.6 Å². The van der Waals surface area contributed by atoms with Crippen LogP contribution in [-0.2, 0) is 11.3 Å². The first kappa shape index (κ1) is 17.1. The quantitative estimate of drug-likeness (QED) is 0.672. The Bertz CT molecular complexity index is 643. The topological polar surface area (TPSA) is 95.9 Å². The highest BCUT2D eigenvalue weighted by atomic mass is 32.1. The van der Waals surface area contributed by atoms with Crippen LogP contribution < -0.4 is 5.32 Å². The van der Waals surface area contributed by atoms with Crippen LogP contribution in [0.25, 0.3) is 0 Å². The minimum atomic E-state index is -1.20. The summed E-state index contributed by atoms with van der Waals surface area (Å²) in [5, 5.41) is 23.8. The van der Waals surface area contributed by atoms with Gasteiger partial charge in [0, 0.05) is 6.54 Å². The van der Waals surface area contributed by atoms with E-state index in [0.29, 0.717) is 16.7 Å². The van der Waals surface area contributed by atoms with Crippen molar-refractivity contribution >= 4 is 23.7 Å². The Kier molecular flexibility index (Phi) is 6.28. The maximum absolute atomic E-state index is 11.6. The molecular weight excluding hydrogens is 318 g/mol. The molecule has 0 spiro atoms. The van der Waals surface area contributed by atoms with Crippen LogP contribution in [0.2, 0.25) is 0 Å². The summed E-state index contributed by atoms with van der Waals surface area (Å²) in [5.41, 5.74) is 1.28. The van der Waals surface area contributed by atoms with Crippen molar-refractivity contribution in [3.8, 4) is 0 Å². The maximum atomic E-state index is 11.6. The number of alkyl carbamates (subject to hydrolysis) is 1. The first-order valence-corrected chi connectivity index (χ1v) is 7.82. The van der Waals surface area contributed by atoms with E-state index in [1.54, 1.807) is 5.38 Å². The molecule has 2 aromatic rings. The Balaban J connectivity index is 1.75. The van der Waals surface area contributed by atoms with Crippen molar-refractivity contribution in [1.29, 1.82) is 0 Å². The fraction of sp³-hybridized carbons (Fsp3) is 0.250. The number of hydrogen-bond acceptors (Lipinski definition) is 6. The van der Waals surface area contributed by atoms with Gasteiger partial charge in [-0.2, -0.15) is 0 Å². The van der Waals surface area contributed by atoms with E-state index in [-0.39, 0.29) is 13.2 Å². The molecule has 0 saturated carbocycles. The van der Waals surface area contributed by atoms with Crippen molar-refractivity contribution in [2.24, 2.45) is 0 Å². The monoisotopic (exact) mass is 335 g/mol. The van der Waals surface area contributed by atoms with Crippen LogP contribution in [-0.4, -0.2) is 35.2 Å². The van der Waals surface area contributed by atoms with E-state index < -0.39 is 18.3 Å². The summed E-state index contributed by atoms with van der Waals surface area (Å²) in [6.45, 7) is -0.0421. The standard InChI is InChI=1S/C16H17NO5S/c18-8-13-6-12(10-23-13)15(20)14(19)7-17-16(21)22-9-11-4-2-1-3-5-11/h1-6,8,10,14-15,19-20H,7,9H2,(H,17,21). The van der Waals surface area contributed by atoms with Gasteiger partial charge in [-0.15, -0.1) is 11.3 Å². The van der Waals surface area contributed by atoms with Crippen molar-refractivity contribution in [2.75, 3.05) is 6.54 Å². The maximum Gasteiger partial charge on any atom is 0.407 e. The van der Waals surface area contributed by atoms with Gasteiger partial charge >= 0.3 is 6.09 Å². The number of aliphatic hydroxyl groups is 2. The molecule has 0 radical (unpaired) electrons. The molecule has 0 fully saturated rings. The number of aldehydes is 1. The molecule has 122 valence electrons. The summed E-state index contributed by atoms with van der Waals surface area (Å²) in [4.78, 5) is 22.6. The van der Waals surface area contributed by atoms with Crippen LogP contribution in [0.15, 0.2) is 41.8 Å². The van der Waals surface area contributed by atoms with E-state index in [1.807, 2.05) is 30.3 Å². The second-order valence-corrected chi connectivity index (χ2v) is 5.80. The SMILES string of the molecule is O=Cc1cc(C(O)C(O)CNC(=O)OCc2ccccc2)cs1. The minimum absolute atomic E-state index is 0.124. The number of nitrogens with one attached hydrogen (secondary N) is 1. The van der Waals surface area contributed by atoms with E-state index in [2.05, 4.69) is 5.32 Å². The zero-order valence-corrected chi connectivity index (χ0v) is 13.0. The normalized spacial score (nSPS) is 13.1. The smallest absolute Gasteiger partial charge is 0.407 e. The summed E-state index contributed by atoms with van der Waals surface area (Å²) >= 11 is 1.17. The fourth-order valence-corrected chi connectivity index (χ4v) is 2.62. The highest BCUT2D eigenvalue weighted by Crippen LogP contribution is 2.22. The van der Waals surface area contributed by atoms with Gasteiger partial charge in [0.15, 0.2) is 6.29 Å². The lowest BCUT2D eigenvalue weighted by atomic mass is 10.1. The Morgan fingerprint density at radius 2 is 2.04 bits per heavy atom. The highest BCUT2D eigenvalue weighted by Gasteiger charge is 2.20. The van der Waals surface area contributed by atoms with Crippen LogP contribution in [0, 0.1) is 0 Å². The molecule has 7 heteroatoms. The number of carbonyl (C=O) groups is 2. The van der Waals surface area contributed by atoms with E-state index in [1.165, 1.54) is 17.4 Å². The summed E-state index contributed by atoms with van der Waals surface area (Å²) in [6.07, 6.45) is -2.39. The van der Waals surface area contributed by atoms with Gasteiger partial charge in [-0.1, -0.05) is 30.3 Å². The molecule has 23 heavy (non-hydrogen) atoms. The van der Waals surface area contributed by atoms with E-state index in [4.69, 9.17) is 4.74 Å².